The van der Waals surface area contributed by atoms with Crippen LogP contribution in [0.3, 0.4) is 0 Å². The number of para-hydroxylation sites is 1. The summed E-state index contributed by atoms with van der Waals surface area (Å²) in [6, 6.07) is 15.8. The first-order valence-electron chi connectivity index (χ1n) is 10.3. The predicted octanol–water partition coefficient (Wildman–Crippen LogP) is 4.94. The number of carbonyl (C=O) groups is 1. The number of hydrogen-bond donors (Lipinski definition) is 3. The zero-order valence-corrected chi connectivity index (χ0v) is 21.6. The highest BCUT2D eigenvalue weighted by atomic mass is 127. The van der Waals surface area contributed by atoms with Crippen LogP contribution in [0.15, 0.2) is 53.5 Å². The molecule has 7 heteroatoms. The van der Waals surface area contributed by atoms with Gasteiger partial charge >= 0.3 is 0 Å². The van der Waals surface area contributed by atoms with Gasteiger partial charge in [-0.1, -0.05) is 44.2 Å². The maximum Gasteiger partial charge on any atom is 0.226 e. The average molecular weight is 538 g/mol. The van der Waals surface area contributed by atoms with E-state index in [1.807, 2.05) is 83.1 Å². The molecule has 0 fully saturated rings. The van der Waals surface area contributed by atoms with Crippen molar-refractivity contribution in [1.82, 2.24) is 10.6 Å². The monoisotopic (exact) mass is 538 g/mol. The number of benzene rings is 2. The largest absolute Gasteiger partial charge is 0.488 e. The molecular weight excluding hydrogens is 503 g/mol. The number of rotatable bonds is 7. The summed E-state index contributed by atoms with van der Waals surface area (Å²) in [6.07, 6.45) is 0. The molecule has 170 valence electrons. The molecule has 0 saturated heterocycles. The molecule has 31 heavy (non-hydrogen) atoms. The summed E-state index contributed by atoms with van der Waals surface area (Å²) >= 11 is 0. The van der Waals surface area contributed by atoms with Gasteiger partial charge in [-0.2, -0.15) is 0 Å². The van der Waals surface area contributed by atoms with Crippen molar-refractivity contribution in [1.29, 1.82) is 0 Å². The van der Waals surface area contributed by atoms with Crippen LogP contribution >= 0.6 is 24.0 Å². The third-order valence-corrected chi connectivity index (χ3v) is 4.26. The van der Waals surface area contributed by atoms with Crippen LogP contribution in [-0.4, -0.2) is 24.5 Å². The summed E-state index contributed by atoms with van der Waals surface area (Å²) in [5, 5.41) is 9.54. The molecule has 0 atom stereocenters. The third kappa shape index (κ3) is 9.59. The SMILES string of the molecule is CN=C(NCc1ccc(NC(=O)C(C)C)cc1)NCc1ccccc1OC(C)(C)C.I. The van der Waals surface area contributed by atoms with E-state index in [1.165, 1.54) is 0 Å². The lowest BCUT2D eigenvalue weighted by molar-refractivity contribution is -0.118. The summed E-state index contributed by atoms with van der Waals surface area (Å²) in [5.41, 5.74) is 2.71. The fourth-order valence-corrected chi connectivity index (χ4v) is 2.66. The highest BCUT2D eigenvalue weighted by Crippen LogP contribution is 2.22. The molecule has 1 amide bonds. The molecule has 0 radical (unpaired) electrons. The van der Waals surface area contributed by atoms with Gasteiger partial charge < -0.3 is 20.7 Å². The number of ether oxygens (including phenoxy) is 1. The molecule has 0 bridgehead atoms. The summed E-state index contributed by atoms with van der Waals surface area (Å²) in [5.74, 6) is 1.55. The van der Waals surface area contributed by atoms with Gasteiger partial charge in [0.25, 0.3) is 0 Å². The minimum Gasteiger partial charge on any atom is -0.488 e. The molecule has 0 aliphatic carbocycles. The van der Waals surface area contributed by atoms with Crippen molar-refractivity contribution in [2.45, 2.75) is 53.3 Å². The Hall–Kier alpha value is -2.29. The number of nitrogens with zero attached hydrogens (tertiary/aromatic N) is 1. The van der Waals surface area contributed by atoms with Crippen LogP contribution in [-0.2, 0) is 17.9 Å². The van der Waals surface area contributed by atoms with Gasteiger partial charge in [0, 0.05) is 37.3 Å². The zero-order valence-electron chi connectivity index (χ0n) is 19.3. The van der Waals surface area contributed by atoms with Crippen molar-refractivity contribution in [2.24, 2.45) is 10.9 Å². The van der Waals surface area contributed by atoms with Crippen LogP contribution in [0.1, 0.15) is 45.7 Å². The van der Waals surface area contributed by atoms with E-state index in [9.17, 15) is 4.79 Å². The van der Waals surface area contributed by atoms with Crippen molar-refractivity contribution in [3.63, 3.8) is 0 Å². The van der Waals surface area contributed by atoms with Crippen LogP contribution in [0.5, 0.6) is 5.75 Å². The van der Waals surface area contributed by atoms with Gasteiger partial charge in [-0.15, -0.1) is 24.0 Å². The van der Waals surface area contributed by atoms with E-state index in [0.717, 1.165) is 22.6 Å². The second-order valence-corrected chi connectivity index (χ2v) is 8.44. The number of anilines is 1. The highest BCUT2D eigenvalue weighted by molar-refractivity contribution is 14.0. The number of aliphatic imine (C=N–C) groups is 1. The number of hydrogen-bond acceptors (Lipinski definition) is 3. The first-order chi connectivity index (χ1) is 14.2. The second kappa shape index (κ2) is 12.5. The lowest BCUT2D eigenvalue weighted by atomic mass is 10.1. The number of nitrogens with one attached hydrogen (secondary N) is 3. The Kier molecular flexibility index (Phi) is 10.8. The molecule has 6 nitrogen and oxygen atoms in total. The molecule has 0 aromatic heterocycles. The van der Waals surface area contributed by atoms with E-state index in [-0.39, 0.29) is 41.4 Å². The van der Waals surface area contributed by atoms with Crippen molar-refractivity contribution >= 4 is 41.5 Å². The lowest BCUT2D eigenvalue weighted by Crippen LogP contribution is -2.36. The van der Waals surface area contributed by atoms with Crippen molar-refractivity contribution in [3.8, 4) is 5.75 Å². The van der Waals surface area contributed by atoms with E-state index in [1.54, 1.807) is 7.05 Å². The van der Waals surface area contributed by atoms with Crippen LogP contribution in [0.2, 0.25) is 0 Å². The summed E-state index contributed by atoms with van der Waals surface area (Å²) in [6.45, 7) is 11.1. The fourth-order valence-electron chi connectivity index (χ4n) is 2.66. The maximum absolute atomic E-state index is 11.8. The molecule has 0 spiro atoms. The van der Waals surface area contributed by atoms with Gasteiger partial charge in [-0.25, -0.2) is 0 Å². The normalized spacial score (nSPS) is 11.5. The predicted molar refractivity (Wildman–Crippen MR) is 139 cm³/mol. The number of halogens is 1. The Morgan fingerprint density at radius 2 is 1.61 bits per heavy atom. The Labute approximate surface area is 203 Å². The van der Waals surface area contributed by atoms with Crippen molar-refractivity contribution < 1.29 is 9.53 Å². The van der Waals surface area contributed by atoms with Crippen LogP contribution in [0.25, 0.3) is 0 Å². The quantitative estimate of drug-likeness (QED) is 0.265. The first kappa shape index (κ1) is 26.7. The van der Waals surface area contributed by atoms with Gasteiger partial charge in [0.05, 0.1) is 0 Å². The molecule has 3 N–H and O–H groups in total. The zero-order chi connectivity index (χ0) is 22.1. The minimum atomic E-state index is -0.253. The molecule has 2 aromatic rings. The van der Waals surface area contributed by atoms with Crippen molar-refractivity contribution in [2.75, 3.05) is 12.4 Å². The number of carbonyl (C=O) groups excluding carboxylic acids is 1. The van der Waals surface area contributed by atoms with E-state index in [4.69, 9.17) is 4.74 Å². The number of guanidine groups is 1. The first-order valence-corrected chi connectivity index (χ1v) is 10.3. The molecule has 0 aliphatic heterocycles. The molecule has 0 heterocycles. The van der Waals surface area contributed by atoms with Crippen LogP contribution in [0.4, 0.5) is 5.69 Å². The Bertz CT molecular complexity index is 859. The molecule has 0 saturated carbocycles. The lowest BCUT2D eigenvalue weighted by Gasteiger charge is -2.23. The van der Waals surface area contributed by atoms with E-state index >= 15 is 0 Å². The topological polar surface area (TPSA) is 74.8 Å². The number of amides is 1. The molecular formula is C24H35IN4O2. The van der Waals surface area contributed by atoms with Gasteiger partial charge in [0.2, 0.25) is 5.91 Å². The minimum absolute atomic E-state index is 0. The maximum atomic E-state index is 11.8. The second-order valence-electron chi connectivity index (χ2n) is 8.44. The van der Waals surface area contributed by atoms with E-state index in [2.05, 4.69) is 20.9 Å². The highest BCUT2D eigenvalue weighted by Gasteiger charge is 2.14. The van der Waals surface area contributed by atoms with Crippen LogP contribution in [0, 0.1) is 5.92 Å². The summed E-state index contributed by atoms with van der Waals surface area (Å²) in [7, 11) is 1.75. The molecule has 2 rings (SSSR count). The van der Waals surface area contributed by atoms with Crippen LogP contribution < -0.4 is 20.7 Å². The summed E-state index contributed by atoms with van der Waals surface area (Å²) in [4.78, 5) is 16.1. The van der Waals surface area contributed by atoms with E-state index in [0.29, 0.717) is 19.0 Å². The summed E-state index contributed by atoms with van der Waals surface area (Å²) < 4.78 is 6.05. The molecule has 2 aromatic carbocycles. The van der Waals surface area contributed by atoms with Crippen molar-refractivity contribution in [3.05, 3.63) is 59.7 Å². The van der Waals surface area contributed by atoms with E-state index < -0.39 is 0 Å². The Balaban J connectivity index is 0.00000480. The Morgan fingerprint density at radius 1 is 1.00 bits per heavy atom. The average Bonchev–Trinajstić information content (AvgIpc) is 2.69. The fraction of sp³-hybridized carbons (Fsp3) is 0.417. The standard InChI is InChI=1S/C24H34N4O2.HI/c1-17(2)22(29)28-20-13-11-18(12-14-20)15-26-23(25-6)27-16-19-9-7-8-10-21(19)30-24(3,4)5;/h7-14,17H,15-16H2,1-6H3,(H,28,29)(H2,25,26,27);1H. The van der Waals surface area contributed by atoms with Gasteiger partial charge in [0.1, 0.15) is 11.4 Å². The van der Waals surface area contributed by atoms with Gasteiger partial charge in [-0.3, -0.25) is 9.79 Å². The molecule has 0 unspecified atom stereocenters. The van der Waals surface area contributed by atoms with Gasteiger partial charge in [-0.05, 0) is 44.5 Å². The van der Waals surface area contributed by atoms with Gasteiger partial charge in [0.15, 0.2) is 5.96 Å². The molecule has 0 aliphatic rings. The third-order valence-electron chi connectivity index (χ3n) is 4.26. The smallest absolute Gasteiger partial charge is 0.226 e. The Morgan fingerprint density at radius 3 is 2.19 bits per heavy atom.